The molecule has 1 rings (SSSR count). The standard InChI is InChI=1S/C4H8O2.C4H10O.2C3H6.C2H6O2/c1-2-6-4-3-5-1;1-3-5-4-2;2*1-3-2;3-1-2-4/h1-4H2;3-4H2,1-2H3;2*3H,1H2,2H3;3-4H,1-2H2. The van der Waals surface area contributed by atoms with Gasteiger partial charge in [0.1, 0.15) is 0 Å². The maximum absolute atomic E-state index is 7.62. The van der Waals surface area contributed by atoms with Crippen LogP contribution in [0.1, 0.15) is 27.7 Å². The van der Waals surface area contributed by atoms with E-state index < -0.39 is 0 Å². The maximum Gasteiger partial charge on any atom is 0.0701 e. The van der Waals surface area contributed by atoms with Gasteiger partial charge < -0.3 is 24.4 Å². The monoisotopic (exact) mass is 308 g/mol. The third kappa shape index (κ3) is 84.0. The molecule has 0 atom stereocenters. The minimum atomic E-state index is -0.125. The highest BCUT2D eigenvalue weighted by molar-refractivity contribution is 4.52. The number of aliphatic hydroxyl groups is 2. The van der Waals surface area contributed by atoms with Gasteiger partial charge in [-0.05, 0) is 27.7 Å². The summed E-state index contributed by atoms with van der Waals surface area (Å²) in [6.07, 6.45) is 3.50. The van der Waals surface area contributed by atoms with E-state index in [0.717, 1.165) is 39.6 Å². The first-order valence-electron chi connectivity index (χ1n) is 7.25. The predicted molar refractivity (Wildman–Crippen MR) is 89.7 cm³/mol. The number of rotatable bonds is 3. The summed E-state index contributed by atoms with van der Waals surface area (Å²) in [4.78, 5) is 0. The first-order chi connectivity index (χ1) is 10.2. The van der Waals surface area contributed by atoms with Crippen molar-refractivity contribution in [3.8, 4) is 0 Å². The van der Waals surface area contributed by atoms with Crippen LogP contribution in [0.5, 0.6) is 0 Å². The lowest BCUT2D eigenvalue weighted by molar-refractivity contribution is -0.0334. The van der Waals surface area contributed by atoms with Gasteiger partial charge >= 0.3 is 0 Å². The lowest BCUT2D eigenvalue weighted by Gasteiger charge is -2.09. The number of allylic oxidation sites excluding steroid dienone is 2. The van der Waals surface area contributed by atoms with Crippen LogP contribution in [-0.2, 0) is 14.2 Å². The van der Waals surface area contributed by atoms with Crippen LogP contribution in [0.2, 0.25) is 0 Å². The molecule has 5 heteroatoms. The Morgan fingerprint density at radius 1 is 0.857 bits per heavy atom. The van der Waals surface area contributed by atoms with E-state index in [1.54, 1.807) is 12.2 Å². The van der Waals surface area contributed by atoms with Gasteiger partial charge in [0.15, 0.2) is 0 Å². The average Bonchev–Trinajstić information content (AvgIpc) is 2.52. The van der Waals surface area contributed by atoms with Crippen molar-refractivity contribution in [2.24, 2.45) is 0 Å². The third-order valence-electron chi connectivity index (χ3n) is 1.25. The molecule has 0 aliphatic carbocycles. The molecule has 0 aromatic heterocycles. The summed E-state index contributed by atoms with van der Waals surface area (Å²) < 4.78 is 14.7. The van der Waals surface area contributed by atoms with Gasteiger partial charge in [0.05, 0.1) is 39.6 Å². The van der Waals surface area contributed by atoms with E-state index in [0.29, 0.717) is 0 Å². The molecule has 0 aromatic carbocycles. The normalized spacial score (nSPS) is 11.5. The molecule has 0 bridgehead atoms. The minimum absolute atomic E-state index is 0.125. The fourth-order valence-corrected chi connectivity index (χ4v) is 0.644. The van der Waals surface area contributed by atoms with Gasteiger partial charge in [0.25, 0.3) is 0 Å². The fraction of sp³-hybridized carbons (Fsp3) is 0.750. The number of hydrogen-bond acceptors (Lipinski definition) is 5. The van der Waals surface area contributed by atoms with Gasteiger partial charge in [0.2, 0.25) is 0 Å². The van der Waals surface area contributed by atoms with Crippen LogP contribution in [0.15, 0.2) is 25.3 Å². The molecule has 130 valence electrons. The molecule has 0 aromatic rings. The molecular formula is C16H36O5. The van der Waals surface area contributed by atoms with Crippen LogP contribution in [0, 0.1) is 0 Å². The molecule has 2 N–H and O–H groups in total. The smallest absolute Gasteiger partial charge is 0.0701 e. The Morgan fingerprint density at radius 2 is 1.10 bits per heavy atom. The number of ether oxygens (including phenoxy) is 3. The molecule has 21 heavy (non-hydrogen) atoms. The van der Waals surface area contributed by atoms with Crippen LogP contribution in [0.25, 0.3) is 0 Å². The fourth-order valence-electron chi connectivity index (χ4n) is 0.644. The van der Waals surface area contributed by atoms with E-state index >= 15 is 0 Å². The Kier molecular flexibility index (Phi) is 57.9. The van der Waals surface area contributed by atoms with Crippen LogP contribution < -0.4 is 0 Å². The zero-order valence-electron chi connectivity index (χ0n) is 14.3. The Balaban J connectivity index is -0.0000000891. The summed E-state index contributed by atoms with van der Waals surface area (Å²) in [5.74, 6) is 0. The van der Waals surface area contributed by atoms with Crippen LogP contribution in [0.3, 0.4) is 0 Å². The first kappa shape index (κ1) is 28.4. The molecule has 1 fully saturated rings. The predicted octanol–water partition coefficient (Wildman–Crippen LogP) is 2.43. The molecule has 0 spiro atoms. The van der Waals surface area contributed by atoms with Crippen LogP contribution in [-0.4, -0.2) is 63.1 Å². The van der Waals surface area contributed by atoms with Crippen molar-refractivity contribution in [3.63, 3.8) is 0 Å². The molecule has 0 radical (unpaired) electrons. The van der Waals surface area contributed by atoms with Crippen molar-refractivity contribution in [1.29, 1.82) is 0 Å². The average molecular weight is 308 g/mol. The van der Waals surface area contributed by atoms with Crippen LogP contribution in [0.4, 0.5) is 0 Å². The molecule has 1 aliphatic rings. The van der Waals surface area contributed by atoms with Crippen molar-refractivity contribution in [1.82, 2.24) is 0 Å². The zero-order valence-corrected chi connectivity index (χ0v) is 14.3. The molecule has 1 aliphatic heterocycles. The highest BCUT2D eigenvalue weighted by Crippen LogP contribution is 1.85. The topological polar surface area (TPSA) is 68.2 Å². The largest absolute Gasteiger partial charge is 0.394 e. The van der Waals surface area contributed by atoms with Crippen molar-refractivity contribution in [2.45, 2.75) is 27.7 Å². The molecule has 0 amide bonds. The zero-order chi connectivity index (χ0) is 17.2. The molecule has 1 saturated heterocycles. The van der Waals surface area contributed by atoms with Gasteiger partial charge in [-0.2, -0.15) is 0 Å². The molecule has 0 saturated carbocycles. The molecule has 0 unspecified atom stereocenters. The Morgan fingerprint density at radius 3 is 1.14 bits per heavy atom. The van der Waals surface area contributed by atoms with Gasteiger partial charge in [-0.15, -0.1) is 13.2 Å². The van der Waals surface area contributed by atoms with E-state index in [2.05, 4.69) is 13.2 Å². The van der Waals surface area contributed by atoms with Crippen LogP contribution >= 0.6 is 0 Å². The van der Waals surface area contributed by atoms with E-state index in [-0.39, 0.29) is 13.2 Å². The molecular weight excluding hydrogens is 272 g/mol. The number of hydrogen-bond donors (Lipinski definition) is 2. The molecule has 5 nitrogen and oxygen atoms in total. The van der Waals surface area contributed by atoms with Crippen molar-refractivity contribution >= 4 is 0 Å². The Bertz CT molecular complexity index is 126. The van der Waals surface area contributed by atoms with Gasteiger partial charge in [-0.25, -0.2) is 0 Å². The summed E-state index contributed by atoms with van der Waals surface area (Å²) in [5.41, 5.74) is 0. The van der Waals surface area contributed by atoms with Crippen molar-refractivity contribution in [2.75, 3.05) is 52.9 Å². The minimum Gasteiger partial charge on any atom is -0.394 e. The van der Waals surface area contributed by atoms with E-state index in [9.17, 15) is 0 Å². The lowest BCUT2D eigenvalue weighted by Crippen LogP contribution is -2.16. The Labute approximate surface area is 131 Å². The van der Waals surface area contributed by atoms with E-state index in [4.69, 9.17) is 24.4 Å². The summed E-state index contributed by atoms with van der Waals surface area (Å²) in [7, 11) is 0. The summed E-state index contributed by atoms with van der Waals surface area (Å²) in [5, 5.41) is 15.2. The number of aliphatic hydroxyl groups excluding tert-OH is 2. The van der Waals surface area contributed by atoms with E-state index in [1.807, 2.05) is 27.7 Å². The van der Waals surface area contributed by atoms with E-state index in [1.165, 1.54) is 0 Å². The second-order valence-corrected chi connectivity index (χ2v) is 3.27. The second-order valence-electron chi connectivity index (χ2n) is 3.27. The lowest BCUT2D eigenvalue weighted by atomic mass is 10.6. The quantitative estimate of drug-likeness (QED) is 0.784. The Hall–Kier alpha value is -0.720. The highest BCUT2D eigenvalue weighted by Gasteiger charge is 1.94. The summed E-state index contributed by atoms with van der Waals surface area (Å²) >= 11 is 0. The van der Waals surface area contributed by atoms with Gasteiger partial charge in [-0.3, -0.25) is 0 Å². The SMILES string of the molecule is C1COCCO1.C=CC.C=CC.CCOCC.OCCO. The first-order valence-corrected chi connectivity index (χ1v) is 7.25. The van der Waals surface area contributed by atoms with Crippen molar-refractivity contribution in [3.05, 3.63) is 25.3 Å². The van der Waals surface area contributed by atoms with Gasteiger partial charge in [0, 0.05) is 13.2 Å². The summed E-state index contributed by atoms with van der Waals surface area (Å²) in [6.45, 7) is 19.0. The van der Waals surface area contributed by atoms with Gasteiger partial charge in [-0.1, -0.05) is 12.2 Å². The highest BCUT2D eigenvalue weighted by atomic mass is 16.6. The third-order valence-corrected chi connectivity index (χ3v) is 1.25. The molecule has 1 heterocycles. The van der Waals surface area contributed by atoms with Crippen molar-refractivity contribution < 1.29 is 24.4 Å². The summed E-state index contributed by atoms with van der Waals surface area (Å²) in [6, 6.07) is 0. The maximum atomic E-state index is 7.62. The second kappa shape index (κ2) is 42.7.